The van der Waals surface area contributed by atoms with Gasteiger partial charge in [0.2, 0.25) is 0 Å². The summed E-state index contributed by atoms with van der Waals surface area (Å²) in [5.41, 5.74) is 3.26. The first kappa shape index (κ1) is 16.9. The molecular weight excluding hydrogens is 370 g/mol. The molecule has 1 heterocycles. The first-order chi connectivity index (χ1) is 12.4. The molecule has 3 aromatic carbocycles. The highest BCUT2D eigenvalue weighted by Gasteiger charge is 2.36. The lowest BCUT2D eigenvalue weighted by atomic mass is 9.90. The predicted molar refractivity (Wildman–Crippen MR) is 103 cm³/mol. The molecule has 0 radical (unpaired) electrons. The van der Waals surface area contributed by atoms with Gasteiger partial charge in [0.05, 0.1) is 16.6 Å². The zero-order valence-electron chi connectivity index (χ0n) is 13.9. The van der Waals surface area contributed by atoms with Crippen LogP contribution in [0.4, 0.5) is 5.69 Å². The van der Waals surface area contributed by atoms with E-state index in [1.54, 1.807) is 12.1 Å². The summed E-state index contributed by atoms with van der Waals surface area (Å²) in [6.45, 7) is 1.85. The van der Waals surface area contributed by atoms with Crippen LogP contribution in [0.15, 0.2) is 71.6 Å². The van der Waals surface area contributed by atoms with Crippen molar-refractivity contribution in [3.8, 4) is 16.9 Å². The minimum Gasteiger partial charge on any atom is -0.508 e. The lowest BCUT2D eigenvalue weighted by Crippen LogP contribution is -2.36. The Balaban J connectivity index is 1.99. The van der Waals surface area contributed by atoms with Crippen LogP contribution in [0.3, 0.4) is 0 Å². The molecule has 0 aromatic heterocycles. The quantitative estimate of drug-likeness (QED) is 0.676. The number of phenols is 1. The van der Waals surface area contributed by atoms with Crippen LogP contribution in [0.2, 0.25) is 5.02 Å². The molecule has 1 N–H and O–H groups in total. The molecule has 0 aliphatic carbocycles. The summed E-state index contributed by atoms with van der Waals surface area (Å²) in [5.74, 6) is -0.0949. The second-order valence-corrected chi connectivity index (χ2v) is 8.47. The maximum Gasteiger partial charge on any atom is 0.265 e. The summed E-state index contributed by atoms with van der Waals surface area (Å²) >= 11 is 6.18. The molecule has 132 valence electrons. The fourth-order valence-electron chi connectivity index (χ4n) is 3.45. The van der Waals surface area contributed by atoms with Gasteiger partial charge in [0, 0.05) is 16.7 Å². The van der Waals surface area contributed by atoms with Gasteiger partial charge in [-0.15, -0.1) is 0 Å². The van der Waals surface area contributed by atoms with E-state index in [-0.39, 0.29) is 10.6 Å². The van der Waals surface area contributed by atoms with E-state index in [4.69, 9.17) is 11.6 Å². The Kier molecular flexibility index (Phi) is 3.93. The minimum absolute atomic E-state index is 0.0367. The second kappa shape index (κ2) is 6.04. The molecule has 1 unspecified atom stereocenters. The van der Waals surface area contributed by atoms with Gasteiger partial charge in [0.25, 0.3) is 10.0 Å². The van der Waals surface area contributed by atoms with E-state index >= 15 is 0 Å². The van der Waals surface area contributed by atoms with Gasteiger partial charge < -0.3 is 5.11 Å². The predicted octanol–water partition coefficient (Wildman–Crippen LogP) is 4.98. The zero-order valence-corrected chi connectivity index (χ0v) is 15.5. The molecule has 1 aliphatic rings. The smallest absolute Gasteiger partial charge is 0.265 e. The van der Waals surface area contributed by atoms with Crippen molar-refractivity contribution in [1.29, 1.82) is 0 Å². The van der Waals surface area contributed by atoms with E-state index in [0.29, 0.717) is 10.7 Å². The number of halogens is 1. The van der Waals surface area contributed by atoms with Crippen LogP contribution in [-0.2, 0) is 10.0 Å². The van der Waals surface area contributed by atoms with Crippen LogP contribution in [0.25, 0.3) is 11.1 Å². The van der Waals surface area contributed by atoms with E-state index in [0.717, 1.165) is 16.7 Å². The molecular formula is C20H16ClNO3S. The number of aromatic hydroxyl groups is 1. The monoisotopic (exact) mass is 385 g/mol. The number of anilines is 1. The highest BCUT2D eigenvalue weighted by Crippen LogP contribution is 2.47. The standard InChI is InChI=1S/C20H16ClNO3S/c1-13-17-7-2-3-8-18(17)19-10-9-14(21)11-20(19)22(13)26(24,25)16-6-4-5-15(23)12-16/h2-13,23H,1H3. The van der Waals surface area contributed by atoms with Crippen LogP contribution in [0.5, 0.6) is 5.75 Å². The van der Waals surface area contributed by atoms with Gasteiger partial charge in [-0.25, -0.2) is 8.42 Å². The molecule has 4 rings (SSSR count). The fraction of sp³-hybridized carbons (Fsp3) is 0.100. The summed E-state index contributed by atoms with van der Waals surface area (Å²) in [6, 6.07) is 18.3. The first-order valence-corrected chi connectivity index (χ1v) is 9.94. The number of nitrogens with zero attached hydrogens (tertiary/aromatic N) is 1. The summed E-state index contributed by atoms with van der Waals surface area (Å²) in [6.07, 6.45) is 0. The molecule has 4 nitrogen and oxygen atoms in total. The Morgan fingerprint density at radius 1 is 0.962 bits per heavy atom. The molecule has 0 bridgehead atoms. The van der Waals surface area contributed by atoms with E-state index < -0.39 is 16.1 Å². The number of hydrogen-bond acceptors (Lipinski definition) is 3. The molecule has 26 heavy (non-hydrogen) atoms. The van der Waals surface area contributed by atoms with E-state index in [1.807, 2.05) is 37.3 Å². The summed E-state index contributed by atoms with van der Waals surface area (Å²) < 4.78 is 28.2. The van der Waals surface area contributed by atoms with Crippen molar-refractivity contribution in [2.45, 2.75) is 17.9 Å². The third kappa shape index (κ3) is 2.55. The van der Waals surface area contributed by atoms with Gasteiger partial charge in [-0.1, -0.05) is 48.0 Å². The number of sulfonamides is 1. The van der Waals surface area contributed by atoms with Crippen LogP contribution in [0, 0.1) is 0 Å². The summed E-state index contributed by atoms with van der Waals surface area (Å²) in [7, 11) is -3.89. The number of rotatable bonds is 2. The lowest BCUT2D eigenvalue weighted by Gasteiger charge is -2.37. The van der Waals surface area contributed by atoms with Crippen molar-refractivity contribution >= 4 is 27.3 Å². The van der Waals surface area contributed by atoms with Crippen molar-refractivity contribution in [3.05, 3.63) is 77.3 Å². The SMILES string of the molecule is CC1c2ccccc2-c2ccc(Cl)cc2N1S(=O)(=O)c1cccc(O)c1. The van der Waals surface area contributed by atoms with Gasteiger partial charge >= 0.3 is 0 Å². The molecule has 1 atom stereocenters. The minimum atomic E-state index is -3.89. The molecule has 0 amide bonds. The number of benzene rings is 3. The maximum atomic E-state index is 13.4. The Labute approximate surface area is 157 Å². The van der Waals surface area contributed by atoms with E-state index in [1.165, 1.54) is 28.6 Å². The topological polar surface area (TPSA) is 57.6 Å². The van der Waals surface area contributed by atoms with Crippen molar-refractivity contribution in [1.82, 2.24) is 0 Å². The number of fused-ring (bicyclic) bond motifs is 3. The average molecular weight is 386 g/mol. The van der Waals surface area contributed by atoms with E-state index in [9.17, 15) is 13.5 Å². The van der Waals surface area contributed by atoms with Gasteiger partial charge in [-0.05, 0) is 42.3 Å². The summed E-state index contributed by atoms with van der Waals surface area (Å²) in [4.78, 5) is 0.0367. The Morgan fingerprint density at radius 3 is 2.50 bits per heavy atom. The second-order valence-electron chi connectivity index (χ2n) is 6.22. The average Bonchev–Trinajstić information content (AvgIpc) is 2.61. The van der Waals surface area contributed by atoms with E-state index in [2.05, 4.69) is 0 Å². The third-order valence-electron chi connectivity index (χ3n) is 4.62. The third-order valence-corrected chi connectivity index (χ3v) is 6.74. The van der Waals surface area contributed by atoms with Crippen molar-refractivity contribution in [2.24, 2.45) is 0 Å². The van der Waals surface area contributed by atoms with Gasteiger partial charge in [0.1, 0.15) is 5.75 Å². The normalized spacial score (nSPS) is 16.1. The van der Waals surface area contributed by atoms with Crippen molar-refractivity contribution < 1.29 is 13.5 Å². The maximum absolute atomic E-state index is 13.4. The molecule has 0 fully saturated rings. The number of phenolic OH excluding ortho intramolecular Hbond substituents is 1. The number of hydrogen-bond donors (Lipinski definition) is 1. The highest BCUT2D eigenvalue weighted by atomic mass is 35.5. The molecule has 1 aliphatic heterocycles. The fourth-order valence-corrected chi connectivity index (χ4v) is 5.31. The Morgan fingerprint density at radius 2 is 1.73 bits per heavy atom. The van der Waals surface area contributed by atoms with Gasteiger partial charge in [0.15, 0.2) is 0 Å². The van der Waals surface area contributed by atoms with Gasteiger partial charge in [-0.2, -0.15) is 0 Å². The van der Waals surface area contributed by atoms with Crippen LogP contribution < -0.4 is 4.31 Å². The van der Waals surface area contributed by atoms with Crippen LogP contribution >= 0.6 is 11.6 Å². The summed E-state index contributed by atoms with van der Waals surface area (Å²) in [5, 5.41) is 10.2. The highest BCUT2D eigenvalue weighted by molar-refractivity contribution is 7.92. The zero-order chi connectivity index (χ0) is 18.5. The molecule has 0 spiro atoms. The Hall–Kier alpha value is -2.50. The molecule has 0 saturated heterocycles. The van der Waals surface area contributed by atoms with Crippen LogP contribution in [-0.4, -0.2) is 13.5 Å². The van der Waals surface area contributed by atoms with Crippen LogP contribution in [0.1, 0.15) is 18.5 Å². The molecule has 3 aromatic rings. The largest absolute Gasteiger partial charge is 0.508 e. The van der Waals surface area contributed by atoms with Gasteiger partial charge in [-0.3, -0.25) is 4.31 Å². The molecule has 0 saturated carbocycles. The lowest BCUT2D eigenvalue weighted by molar-refractivity contribution is 0.473. The molecule has 6 heteroatoms. The first-order valence-electron chi connectivity index (χ1n) is 8.12. The van der Waals surface area contributed by atoms with Crippen molar-refractivity contribution in [3.63, 3.8) is 0 Å². The Bertz CT molecular complexity index is 1110. The van der Waals surface area contributed by atoms with Crippen molar-refractivity contribution in [2.75, 3.05) is 4.31 Å².